The summed E-state index contributed by atoms with van der Waals surface area (Å²) in [6.07, 6.45) is 0. The van der Waals surface area contributed by atoms with E-state index in [1.165, 1.54) is 109 Å². The van der Waals surface area contributed by atoms with E-state index in [1.54, 1.807) is 0 Å². The highest BCUT2D eigenvalue weighted by Crippen LogP contribution is 2.64. The molecule has 76 heavy (non-hydrogen) atoms. The fraction of sp³-hybridized carbons (Fsp3) is 0.0137. The van der Waals surface area contributed by atoms with E-state index in [4.69, 9.17) is 0 Å². The zero-order valence-electron chi connectivity index (χ0n) is 41.4. The lowest BCUT2D eigenvalue weighted by Crippen LogP contribution is -2.29. The molecule has 1 spiro atoms. The highest BCUT2D eigenvalue weighted by molar-refractivity contribution is 7.25. The van der Waals surface area contributed by atoms with Crippen LogP contribution in [0.4, 0.5) is 34.1 Å². The van der Waals surface area contributed by atoms with Crippen molar-refractivity contribution in [3.63, 3.8) is 0 Å². The highest BCUT2D eigenvalue weighted by atomic mass is 32.1. The topological polar surface area (TPSA) is 6.48 Å². The van der Waals surface area contributed by atoms with Gasteiger partial charge in [-0.25, -0.2) is 0 Å². The van der Waals surface area contributed by atoms with Crippen LogP contribution in [0.3, 0.4) is 0 Å². The fourth-order valence-electron chi connectivity index (χ4n) is 13.3. The number of fused-ring (bicyclic) bond motifs is 20. The van der Waals surface area contributed by atoms with Gasteiger partial charge in [0.2, 0.25) is 0 Å². The minimum Gasteiger partial charge on any atom is -0.308 e. The monoisotopic (exact) mass is 982 g/mol. The Kier molecular flexibility index (Phi) is 9.45. The van der Waals surface area contributed by atoms with Crippen molar-refractivity contribution in [3.05, 3.63) is 301 Å². The molecular weight excluding hydrogens is 937 g/mol. The molecule has 2 aliphatic carbocycles. The number of anilines is 6. The predicted molar refractivity (Wildman–Crippen MR) is 320 cm³/mol. The van der Waals surface area contributed by atoms with Gasteiger partial charge in [0, 0.05) is 48.4 Å². The van der Waals surface area contributed by atoms with Crippen LogP contribution in [-0.2, 0) is 5.41 Å². The Morgan fingerprint density at radius 3 is 1.54 bits per heavy atom. The van der Waals surface area contributed by atoms with Gasteiger partial charge < -0.3 is 9.80 Å². The molecule has 0 saturated carbocycles. The van der Waals surface area contributed by atoms with Gasteiger partial charge in [0.05, 0.1) is 22.5 Å². The van der Waals surface area contributed by atoms with Crippen LogP contribution >= 0.6 is 11.3 Å². The van der Waals surface area contributed by atoms with Gasteiger partial charge in [-0.15, -0.1) is 11.3 Å². The Bertz CT molecular complexity index is 4480. The maximum absolute atomic E-state index is 2.56. The Labute approximate surface area is 446 Å². The lowest BCUT2D eigenvalue weighted by atomic mass is 9.65. The molecule has 12 aromatic carbocycles. The third-order valence-corrected chi connectivity index (χ3v) is 17.6. The maximum atomic E-state index is 2.56. The SMILES string of the molecule is c1ccc(-c2ccc(N(c3ccc4c(c3)C3(c5ccccc5-c5ccccc5-4)c4ccccc4-c4cc5c(cc43)sc3ccccc35)c3cccc4c3N(c3ccccc3)c3ccccc3-c3ccccc3-4)cc2)cc1. The molecule has 0 saturated heterocycles. The standard InChI is InChI=1S/C73H46N2S/c1-3-20-47(21-4-1)48-38-40-50(41-39-48)74(69-36-19-32-61-55-27-10-9-26-54(55)59-30-13-17-35-68(59)75(72(61)69)49-22-5-2-6-23-49)51-42-43-58-53-25-8-7-24-52(53)56-28-11-15-33-64(56)73(66(58)44-51)65-34-16-12-29-57(65)62-45-63-60-31-14-18-37-70(60)76-71(63)46-67(62)73/h1-46H. The second-order valence-corrected chi connectivity index (χ2v) is 21.3. The number of rotatable bonds is 5. The molecule has 2 nitrogen and oxygen atoms in total. The summed E-state index contributed by atoms with van der Waals surface area (Å²) in [5.74, 6) is 0. The molecule has 0 bridgehead atoms. The van der Waals surface area contributed by atoms with E-state index in [9.17, 15) is 0 Å². The first-order valence-electron chi connectivity index (χ1n) is 26.2. The maximum Gasteiger partial charge on any atom is 0.0781 e. The van der Waals surface area contributed by atoms with Crippen molar-refractivity contribution in [2.45, 2.75) is 5.41 Å². The van der Waals surface area contributed by atoms with Gasteiger partial charge in [-0.1, -0.05) is 212 Å². The first-order chi connectivity index (χ1) is 37.7. The summed E-state index contributed by atoms with van der Waals surface area (Å²) in [5.41, 5.74) is 25.7. The number of nitrogens with zero attached hydrogens (tertiary/aromatic N) is 2. The molecule has 0 radical (unpaired) electrons. The molecule has 0 amide bonds. The number of benzene rings is 12. The minimum absolute atomic E-state index is 0.693. The third-order valence-electron chi connectivity index (χ3n) is 16.4. The molecule has 1 aliphatic heterocycles. The van der Waals surface area contributed by atoms with Crippen LogP contribution in [0.1, 0.15) is 22.3 Å². The molecule has 13 aromatic rings. The normalized spacial score (nSPS) is 14.3. The van der Waals surface area contributed by atoms with Crippen LogP contribution in [0, 0.1) is 0 Å². The van der Waals surface area contributed by atoms with Crippen LogP contribution < -0.4 is 9.80 Å². The number of para-hydroxylation sites is 3. The van der Waals surface area contributed by atoms with E-state index >= 15 is 0 Å². The van der Waals surface area contributed by atoms with Gasteiger partial charge in [-0.2, -0.15) is 0 Å². The van der Waals surface area contributed by atoms with E-state index in [-0.39, 0.29) is 0 Å². The Morgan fingerprint density at radius 1 is 0.303 bits per heavy atom. The minimum atomic E-state index is -0.693. The molecular formula is C73H46N2S. The van der Waals surface area contributed by atoms with Crippen LogP contribution in [0.15, 0.2) is 279 Å². The summed E-state index contributed by atoms with van der Waals surface area (Å²) in [6, 6.07) is 105. The average molecular weight is 983 g/mol. The van der Waals surface area contributed by atoms with Crippen molar-refractivity contribution in [1.82, 2.24) is 0 Å². The quantitative estimate of drug-likeness (QED) is 0.170. The number of hydrogen-bond acceptors (Lipinski definition) is 3. The average Bonchev–Trinajstić information content (AvgIpc) is 3.98. The molecule has 0 fully saturated rings. The lowest BCUT2D eigenvalue weighted by molar-refractivity contribution is 0.776. The van der Waals surface area contributed by atoms with E-state index in [1.807, 2.05) is 11.3 Å². The molecule has 16 rings (SSSR count). The second-order valence-electron chi connectivity index (χ2n) is 20.3. The van der Waals surface area contributed by atoms with Crippen LogP contribution in [0.5, 0.6) is 0 Å². The summed E-state index contributed by atoms with van der Waals surface area (Å²) in [4.78, 5) is 5.04. The molecule has 1 unspecified atom stereocenters. The van der Waals surface area contributed by atoms with Gasteiger partial charge in [0.25, 0.3) is 0 Å². The molecule has 1 atom stereocenters. The Balaban J connectivity index is 1.03. The van der Waals surface area contributed by atoms with Crippen molar-refractivity contribution in [1.29, 1.82) is 0 Å². The lowest BCUT2D eigenvalue weighted by Gasteiger charge is -2.37. The molecule has 354 valence electrons. The Morgan fingerprint density at radius 2 is 0.816 bits per heavy atom. The summed E-state index contributed by atoms with van der Waals surface area (Å²) in [6.45, 7) is 0. The van der Waals surface area contributed by atoms with E-state index in [0.717, 1.165) is 34.1 Å². The van der Waals surface area contributed by atoms with Gasteiger partial charge in [0.1, 0.15) is 0 Å². The van der Waals surface area contributed by atoms with Gasteiger partial charge >= 0.3 is 0 Å². The zero-order valence-corrected chi connectivity index (χ0v) is 42.2. The summed E-state index contributed by atoms with van der Waals surface area (Å²) in [7, 11) is 0. The second kappa shape index (κ2) is 16.7. The molecule has 0 N–H and O–H groups in total. The first kappa shape index (κ1) is 42.9. The molecule has 3 aliphatic rings. The smallest absolute Gasteiger partial charge is 0.0781 e. The van der Waals surface area contributed by atoms with Gasteiger partial charge in [-0.05, 0) is 145 Å². The van der Waals surface area contributed by atoms with Crippen molar-refractivity contribution < 1.29 is 0 Å². The zero-order chi connectivity index (χ0) is 49.9. The van der Waals surface area contributed by atoms with E-state index in [2.05, 4.69) is 289 Å². The molecule has 1 aromatic heterocycles. The van der Waals surface area contributed by atoms with Gasteiger partial charge in [-0.3, -0.25) is 0 Å². The molecule has 2 heterocycles. The number of thiophene rings is 1. The third kappa shape index (κ3) is 6.15. The summed E-state index contributed by atoms with van der Waals surface area (Å²) < 4.78 is 2.61. The Hall–Kier alpha value is -9.54. The first-order valence-corrected chi connectivity index (χ1v) is 27.1. The van der Waals surface area contributed by atoms with E-state index < -0.39 is 5.41 Å². The van der Waals surface area contributed by atoms with Crippen LogP contribution in [-0.4, -0.2) is 0 Å². The summed E-state index contributed by atoms with van der Waals surface area (Å²) >= 11 is 1.90. The van der Waals surface area contributed by atoms with E-state index in [0.29, 0.717) is 0 Å². The van der Waals surface area contributed by atoms with Crippen LogP contribution in [0.2, 0.25) is 0 Å². The van der Waals surface area contributed by atoms with Crippen LogP contribution in [0.25, 0.3) is 86.9 Å². The van der Waals surface area contributed by atoms with Crippen molar-refractivity contribution in [2.24, 2.45) is 0 Å². The van der Waals surface area contributed by atoms with Crippen molar-refractivity contribution in [3.8, 4) is 66.8 Å². The van der Waals surface area contributed by atoms with Gasteiger partial charge in [0.15, 0.2) is 0 Å². The largest absolute Gasteiger partial charge is 0.308 e. The number of hydrogen-bond donors (Lipinski definition) is 0. The summed E-state index contributed by atoms with van der Waals surface area (Å²) in [5, 5.41) is 2.62. The fourth-order valence-corrected chi connectivity index (χ4v) is 14.4. The van der Waals surface area contributed by atoms with Crippen molar-refractivity contribution >= 4 is 65.6 Å². The molecule has 3 heteroatoms. The predicted octanol–water partition coefficient (Wildman–Crippen LogP) is 20.3. The highest BCUT2D eigenvalue weighted by Gasteiger charge is 2.50. The van der Waals surface area contributed by atoms with Crippen molar-refractivity contribution in [2.75, 3.05) is 9.80 Å².